The van der Waals surface area contributed by atoms with Gasteiger partial charge in [-0.3, -0.25) is 9.59 Å². The Hall–Kier alpha value is -3.27. The molecule has 176 valence electrons. The van der Waals surface area contributed by atoms with Crippen molar-refractivity contribution in [2.24, 2.45) is 0 Å². The van der Waals surface area contributed by atoms with Crippen LogP contribution in [-0.2, 0) is 9.59 Å². The van der Waals surface area contributed by atoms with Gasteiger partial charge in [0.1, 0.15) is 11.6 Å². The van der Waals surface area contributed by atoms with E-state index < -0.39 is 0 Å². The van der Waals surface area contributed by atoms with Crippen LogP contribution in [0, 0.1) is 0 Å². The number of amides is 2. The van der Waals surface area contributed by atoms with Gasteiger partial charge in [-0.25, -0.2) is 0 Å². The summed E-state index contributed by atoms with van der Waals surface area (Å²) >= 11 is 5.61. The van der Waals surface area contributed by atoms with Gasteiger partial charge in [-0.05, 0) is 37.1 Å². The molecule has 0 radical (unpaired) electrons. The lowest BCUT2D eigenvalue weighted by Crippen LogP contribution is -2.45. The number of alkyl halides is 1. The van der Waals surface area contributed by atoms with Crippen LogP contribution in [0.4, 0.5) is 34.6 Å². The summed E-state index contributed by atoms with van der Waals surface area (Å²) in [4.78, 5) is 36.8. The normalized spacial score (nSPS) is 15.3. The third-order valence-corrected chi connectivity index (χ3v) is 6.12. The molecule has 11 heteroatoms. The number of fused-ring (bicyclic) bond motifs is 1. The Morgan fingerprint density at radius 2 is 1.91 bits per heavy atom. The molecule has 0 spiro atoms. The van der Waals surface area contributed by atoms with Gasteiger partial charge in [0.2, 0.25) is 17.8 Å². The number of aromatic nitrogens is 2. The molecule has 4 rings (SSSR count). The fraction of sp³-hybridized carbons (Fsp3) is 0.455. The average Bonchev–Trinajstić information content (AvgIpc) is 3.32. The first-order valence-electron chi connectivity index (χ1n) is 11.1. The van der Waals surface area contributed by atoms with Gasteiger partial charge in [0.25, 0.3) is 0 Å². The zero-order valence-electron chi connectivity index (χ0n) is 18.8. The topological polar surface area (TPSA) is 115 Å². The molecule has 2 aliphatic rings. The predicted octanol–water partition coefficient (Wildman–Crippen LogP) is 2.71. The molecule has 10 nitrogen and oxygen atoms in total. The van der Waals surface area contributed by atoms with Crippen LogP contribution in [-0.4, -0.2) is 60.5 Å². The van der Waals surface area contributed by atoms with Crippen LogP contribution in [0.3, 0.4) is 0 Å². The van der Waals surface area contributed by atoms with Gasteiger partial charge in [0, 0.05) is 44.0 Å². The molecular weight excluding hydrogens is 444 g/mol. The van der Waals surface area contributed by atoms with Gasteiger partial charge in [-0.2, -0.15) is 9.97 Å². The number of hydrogen-bond acceptors (Lipinski definition) is 8. The molecule has 0 atom stereocenters. The van der Waals surface area contributed by atoms with Gasteiger partial charge in [-0.1, -0.05) is 6.92 Å². The lowest BCUT2D eigenvalue weighted by atomic mass is 10.0. The Morgan fingerprint density at radius 1 is 1.18 bits per heavy atom. The molecule has 0 bridgehead atoms. The van der Waals surface area contributed by atoms with E-state index in [1.54, 1.807) is 11.9 Å². The van der Waals surface area contributed by atoms with Crippen molar-refractivity contribution >= 4 is 58.1 Å². The first kappa shape index (κ1) is 22.9. The minimum absolute atomic E-state index is 0.0174. The quantitative estimate of drug-likeness (QED) is 0.455. The highest BCUT2D eigenvalue weighted by Gasteiger charge is 2.27. The van der Waals surface area contributed by atoms with E-state index in [4.69, 9.17) is 16.6 Å². The molecule has 0 saturated carbocycles. The molecule has 0 unspecified atom stereocenters. The number of nitrogens with one attached hydrogen (secondary N) is 4. The van der Waals surface area contributed by atoms with Gasteiger partial charge < -0.3 is 31.1 Å². The molecule has 1 aromatic heterocycles. The van der Waals surface area contributed by atoms with Crippen LogP contribution in [0.25, 0.3) is 0 Å². The van der Waals surface area contributed by atoms with E-state index in [1.807, 2.05) is 31.2 Å². The number of halogens is 1. The number of anilines is 6. The van der Waals surface area contributed by atoms with E-state index in [9.17, 15) is 9.59 Å². The number of nitrogens with zero attached hydrogens (tertiary/aromatic N) is 4. The lowest BCUT2D eigenvalue weighted by Gasteiger charge is -2.33. The minimum Gasteiger partial charge on any atom is -0.362 e. The molecule has 33 heavy (non-hydrogen) atoms. The van der Waals surface area contributed by atoms with Crippen LogP contribution < -0.4 is 31.1 Å². The summed E-state index contributed by atoms with van der Waals surface area (Å²) in [5.41, 5.74) is 2.55. The summed E-state index contributed by atoms with van der Waals surface area (Å²) in [6.07, 6.45) is 2.10. The predicted molar refractivity (Wildman–Crippen MR) is 132 cm³/mol. The number of rotatable bonds is 7. The summed E-state index contributed by atoms with van der Waals surface area (Å²) in [5.74, 6) is 1.99. The van der Waals surface area contributed by atoms with E-state index in [2.05, 4.69) is 31.2 Å². The molecule has 4 N–H and O–H groups in total. The smallest absolute Gasteiger partial charge is 0.235 e. The van der Waals surface area contributed by atoms with Gasteiger partial charge in [0.05, 0.1) is 6.67 Å². The third-order valence-electron chi connectivity index (χ3n) is 5.88. The van der Waals surface area contributed by atoms with Crippen molar-refractivity contribution < 1.29 is 9.59 Å². The minimum atomic E-state index is -0.133. The van der Waals surface area contributed by atoms with Crippen LogP contribution in [0.2, 0.25) is 0 Å². The van der Waals surface area contributed by atoms with E-state index in [-0.39, 0.29) is 23.7 Å². The summed E-state index contributed by atoms with van der Waals surface area (Å²) < 4.78 is 0. The molecule has 0 aliphatic carbocycles. The summed E-state index contributed by atoms with van der Waals surface area (Å²) in [5, 5.41) is 12.8. The van der Waals surface area contributed by atoms with Gasteiger partial charge in [0.15, 0.2) is 11.6 Å². The number of carbonyl (C=O) groups excluding carboxylic acids is 2. The van der Waals surface area contributed by atoms with Crippen LogP contribution >= 0.6 is 11.6 Å². The van der Waals surface area contributed by atoms with Crippen LogP contribution in [0.5, 0.6) is 0 Å². The maximum Gasteiger partial charge on any atom is 0.235 e. The lowest BCUT2D eigenvalue weighted by molar-refractivity contribution is -0.119. The number of benzene rings is 1. The second-order valence-corrected chi connectivity index (χ2v) is 8.33. The Morgan fingerprint density at radius 3 is 2.58 bits per heavy atom. The second kappa shape index (κ2) is 10.1. The Labute approximate surface area is 198 Å². The summed E-state index contributed by atoms with van der Waals surface area (Å²) in [7, 11) is 1.77. The molecule has 1 fully saturated rings. The highest BCUT2D eigenvalue weighted by atomic mass is 35.5. The summed E-state index contributed by atoms with van der Waals surface area (Å²) in [6, 6.07) is 7.72. The number of carbonyl (C=O) groups is 2. The zero-order valence-corrected chi connectivity index (χ0v) is 19.6. The largest absolute Gasteiger partial charge is 0.362 e. The van der Waals surface area contributed by atoms with Gasteiger partial charge >= 0.3 is 0 Å². The molecule has 2 amide bonds. The Balaban J connectivity index is 1.48. The number of piperidine rings is 1. The maximum atomic E-state index is 11.9. The molecular formula is C22H29ClN8O2. The van der Waals surface area contributed by atoms with Gasteiger partial charge in [-0.15, -0.1) is 11.6 Å². The van der Waals surface area contributed by atoms with E-state index in [0.29, 0.717) is 19.0 Å². The molecule has 1 saturated heterocycles. The van der Waals surface area contributed by atoms with Crippen molar-refractivity contribution in [1.82, 2.24) is 15.3 Å². The van der Waals surface area contributed by atoms with Crippen LogP contribution in [0.1, 0.15) is 26.2 Å². The zero-order chi connectivity index (χ0) is 23.4. The van der Waals surface area contributed by atoms with E-state index >= 15 is 0 Å². The highest BCUT2D eigenvalue weighted by Crippen LogP contribution is 2.36. The molecule has 2 aliphatic heterocycles. The van der Waals surface area contributed by atoms with Crippen molar-refractivity contribution in [3.8, 4) is 0 Å². The highest BCUT2D eigenvalue weighted by molar-refractivity contribution is 6.27. The fourth-order valence-corrected chi connectivity index (χ4v) is 4.10. The van der Waals surface area contributed by atoms with E-state index in [0.717, 1.165) is 54.6 Å². The summed E-state index contributed by atoms with van der Waals surface area (Å²) in [6.45, 7) is 3.97. The number of hydrogen-bond donors (Lipinski definition) is 4. The van der Waals surface area contributed by atoms with Crippen molar-refractivity contribution in [3.05, 3.63) is 24.3 Å². The van der Waals surface area contributed by atoms with Crippen molar-refractivity contribution in [2.75, 3.05) is 58.4 Å². The molecule has 3 heterocycles. The maximum absolute atomic E-state index is 11.9. The van der Waals surface area contributed by atoms with E-state index in [1.165, 1.54) is 0 Å². The standard InChI is InChI=1S/C22H29ClN8O2/c1-3-18(33)30(2)16-6-4-14(5-7-16)27-22-28-20-19(24-13-25-20)21(29-22)31-10-8-15(9-11-31)26-17(32)12-23/h4-7,15,24H,3,8-13H2,1-2H3,(H,26,32)(H2,25,27,28,29). The second-order valence-electron chi connectivity index (χ2n) is 8.07. The first-order valence-corrected chi connectivity index (χ1v) is 11.7. The third kappa shape index (κ3) is 5.22. The average molecular weight is 473 g/mol. The van der Waals surface area contributed by atoms with Crippen molar-refractivity contribution in [1.29, 1.82) is 0 Å². The monoisotopic (exact) mass is 472 g/mol. The van der Waals surface area contributed by atoms with Crippen molar-refractivity contribution in [2.45, 2.75) is 32.2 Å². The Bertz CT molecular complexity index is 1010. The fourth-order valence-electron chi connectivity index (χ4n) is 4.02. The SMILES string of the molecule is CCC(=O)N(C)c1ccc(Nc2nc3c(c(N4CCC(NC(=O)CCl)CC4)n2)NCN3)cc1. The Kier molecular flexibility index (Phi) is 7.02. The molecule has 1 aromatic carbocycles. The van der Waals surface area contributed by atoms with Crippen molar-refractivity contribution in [3.63, 3.8) is 0 Å². The van der Waals surface area contributed by atoms with Crippen LogP contribution in [0.15, 0.2) is 24.3 Å². The first-order chi connectivity index (χ1) is 16.0. The molecule has 2 aromatic rings.